The summed E-state index contributed by atoms with van der Waals surface area (Å²) in [4.78, 5) is 10.4. The summed E-state index contributed by atoms with van der Waals surface area (Å²) in [6.07, 6.45) is -0.846. The number of carboxylic acid groups (broad SMARTS) is 1. The molecule has 138 valence electrons. The van der Waals surface area contributed by atoms with Crippen molar-refractivity contribution in [3.05, 3.63) is 59.6 Å². The number of hydrogen-bond acceptors (Lipinski definition) is 4. The molecule has 5 nitrogen and oxygen atoms in total. The molecule has 0 aliphatic rings. The number of phenolic OH excluding ortho intramolecular Hbond substituents is 1. The van der Waals surface area contributed by atoms with Crippen molar-refractivity contribution in [3.63, 3.8) is 0 Å². The molecule has 0 aliphatic heterocycles. The first kappa shape index (κ1) is 22.8. The minimum atomic E-state index is -0.991. The average molecular weight is 369 g/mol. The van der Waals surface area contributed by atoms with E-state index in [2.05, 4.69) is 0 Å². The molecule has 0 aliphatic carbocycles. The first-order chi connectivity index (χ1) is 11.9. The lowest BCUT2D eigenvalue weighted by Crippen LogP contribution is -2.22. The molecule has 0 saturated heterocycles. The van der Waals surface area contributed by atoms with Crippen molar-refractivity contribution in [3.8, 4) is 11.5 Å². The number of phenols is 1. The van der Waals surface area contributed by atoms with Gasteiger partial charge in [-0.05, 0) is 57.2 Å². The highest BCUT2D eigenvalue weighted by Gasteiger charge is 2.11. The van der Waals surface area contributed by atoms with Gasteiger partial charge in [0.2, 0.25) is 0 Å². The van der Waals surface area contributed by atoms with Gasteiger partial charge in [-0.25, -0.2) is 4.79 Å². The Hall–Kier alpha value is -2.24. The second kappa shape index (κ2) is 14.1. The lowest BCUT2D eigenvalue weighted by molar-refractivity contribution is -0.144. The minimum Gasteiger partial charge on any atom is -0.508 e. The molecule has 0 amide bonds. The second-order valence-corrected chi connectivity index (χ2v) is 5.11. The summed E-state index contributed by atoms with van der Waals surface area (Å²) in [5, 5.41) is 17.8. The van der Waals surface area contributed by atoms with Gasteiger partial charge in [0.25, 0.3) is 0 Å². The number of aliphatic carboxylic acids is 1. The van der Waals surface area contributed by atoms with E-state index in [1.807, 2.05) is 19.9 Å². The molecule has 0 saturated carbocycles. The molecule has 25 heavy (non-hydrogen) atoms. The van der Waals surface area contributed by atoms with Crippen LogP contribution in [0.2, 0.25) is 5.02 Å². The highest BCUT2D eigenvalue weighted by atomic mass is 35.5. The molecule has 1 atom stereocenters. The molecule has 1 unspecified atom stereocenters. The third-order valence-corrected chi connectivity index (χ3v) is 2.89. The normalized spacial score (nSPS) is 10.4. The van der Waals surface area contributed by atoms with Crippen LogP contribution in [0.5, 0.6) is 11.5 Å². The molecule has 2 N–H and O–H groups in total. The number of ether oxygens (including phenoxy) is 2. The Morgan fingerprint density at radius 2 is 1.56 bits per heavy atom. The van der Waals surface area contributed by atoms with Crippen LogP contribution in [-0.2, 0) is 9.53 Å². The van der Waals surface area contributed by atoms with Gasteiger partial charge in [0.1, 0.15) is 11.5 Å². The minimum absolute atomic E-state index is 0.322. The first-order valence-corrected chi connectivity index (χ1v) is 8.25. The number of para-hydroxylation sites is 1. The highest BCUT2D eigenvalue weighted by molar-refractivity contribution is 6.30. The quantitative estimate of drug-likeness (QED) is 0.804. The number of aromatic hydroxyl groups is 1. The number of rotatable bonds is 5. The largest absolute Gasteiger partial charge is 0.508 e. The van der Waals surface area contributed by atoms with Gasteiger partial charge >= 0.3 is 5.97 Å². The topological polar surface area (TPSA) is 76.0 Å². The number of halogens is 1. The Balaban J connectivity index is 0.000000401. The molecule has 0 radical (unpaired) electrons. The van der Waals surface area contributed by atoms with Crippen molar-refractivity contribution in [2.24, 2.45) is 0 Å². The third-order valence-electron chi connectivity index (χ3n) is 2.64. The first-order valence-electron chi connectivity index (χ1n) is 7.87. The van der Waals surface area contributed by atoms with Gasteiger partial charge in [0, 0.05) is 18.2 Å². The van der Waals surface area contributed by atoms with Gasteiger partial charge in [-0.15, -0.1) is 0 Å². The fourth-order valence-corrected chi connectivity index (χ4v) is 1.53. The van der Waals surface area contributed by atoms with Crippen LogP contribution in [0.25, 0.3) is 0 Å². The van der Waals surface area contributed by atoms with E-state index in [1.54, 1.807) is 48.5 Å². The molecule has 2 rings (SSSR count). The number of benzene rings is 2. The Labute approximate surface area is 153 Å². The van der Waals surface area contributed by atoms with Crippen LogP contribution in [0.1, 0.15) is 20.8 Å². The summed E-state index contributed by atoms with van der Waals surface area (Å²) in [5.41, 5.74) is 0. The van der Waals surface area contributed by atoms with Gasteiger partial charge in [0.15, 0.2) is 6.10 Å². The maximum atomic E-state index is 10.4. The molecule has 0 fully saturated rings. The zero-order chi connectivity index (χ0) is 19.1. The van der Waals surface area contributed by atoms with E-state index in [1.165, 1.54) is 6.92 Å². The molecule has 0 aromatic heterocycles. The Kier molecular flexibility index (Phi) is 12.9. The van der Waals surface area contributed by atoms with E-state index in [4.69, 9.17) is 31.3 Å². The Morgan fingerprint density at radius 1 is 1.04 bits per heavy atom. The molecular weight excluding hydrogens is 344 g/mol. The third kappa shape index (κ3) is 12.8. The van der Waals surface area contributed by atoms with E-state index < -0.39 is 12.1 Å². The summed E-state index contributed by atoms with van der Waals surface area (Å²) in [6, 6.07) is 15.3. The van der Waals surface area contributed by atoms with E-state index in [9.17, 15) is 4.79 Å². The number of carbonyl (C=O) groups is 1. The molecule has 2 aromatic rings. The maximum Gasteiger partial charge on any atom is 0.344 e. The molecular formula is C19H25ClO5. The molecule has 6 heteroatoms. The summed E-state index contributed by atoms with van der Waals surface area (Å²) in [6.45, 7) is 7.14. The van der Waals surface area contributed by atoms with Crippen molar-refractivity contribution >= 4 is 17.6 Å². The summed E-state index contributed by atoms with van der Waals surface area (Å²) in [5.74, 6) is -0.170. The zero-order valence-electron chi connectivity index (χ0n) is 14.7. The van der Waals surface area contributed by atoms with E-state index in [0.717, 1.165) is 13.2 Å². The molecule has 0 spiro atoms. The maximum absolute atomic E-state index is 10.4. The summed E-state index contributed by atoms with van der Waals surface area (Å²) >= 11 is 5.64. The standard InChI is InChI=1S/C9H9ClO3.C6H6O.C4H10O/c1-6(9(11)12)13-8-4-2-7(10)3-5-8;7-6-4-2-1-3-5-6;1-3-5-4-2/h2-6H,1H3,(H,11,12);1-5,7H;3-4H2,1-2H3. The predicted octanol–water partition coefficient (Wildman–Crippen LogP) is 4.63. The zero-order valence-corrected chi connectivity index (χ0v) is 15.4. The fourth-order valence-electron chi connectivity index (χ4n) is 1.40. The number of hydrogen-bond donors (Lipinski definition) is 2. The van der Waals surface area contributed by atoms with Crippen molar-refractivity contribution < 1.29 is 24.5 Å². The van der Waals surface area contributed by atoms with Crippen LogP contribution < -0.4 is 4.74 Å². The van der Waals surface area contributed by atoms with Gasteiger partial charge in [-0.1, -0.05) is 29.8 Å². The van der Waals surface area contributed by atoms with Crippen molar-refractivity contribution in [2.75, 3.05) is 13.2 Å². The number of carboxylic acids is 1. The van der Waals surface area contributed by atoms with Crippen molar-refractivity contribution in [1.29, 1.82) is 0 Å². The van der Waals surface area contributed by atoms with Crippen LogP contribution >= 0.6 is 11.6 Å². The van der Waals surface area contributed by atoms with Gasteiger partial charge in [0.05, 0.1) is 0 Å². The van der Waals surface area contributed by atoms with Gasteiger partial charge in [-0.2, -0.15) is 0 Å². The average Bonchev–Trinajstić information content (AvgIpc) is 2.59. The van der Waals surface area contributed by atoms with Crippen molar-refractivity contribution in [2.45, 2.75) is 26.9 Å². The van der Waals surface area contributed by atoms with E-state index in [0.29, 0.717) is 16.5 Å². The summed E-state index contributed by atoms with van der Waals surface area (Å²) in [7, 11) is 0. The lowest BCUT2D eigenvalue weighted by Gasteiger charge is -2.09. The highest BCUT2D eigenvalue weighted by Crippen LogP contribution is 2.16. The van der Waals surface area contributed by atoms with Crippen LogP contribution in [-0.4, -0.2) is 35.5 Å². The van der Waals surface area contributed by atoms with Crippen LogP contribution in [0.15, 0.2) is 54.6 Å². The van der Waals surface area contributed by atoms with Crippen LogP contribution in [0, 0.1) is 0 Å². The van der Waals surface area contributed by atoms with Crippen molar-refractivity contribution in [1.82, 2.24) is 0 Å². The lowest BCUT2D eigenvalue weighted by atomic mass is 10.3. The molecule has 2 aromatic carbocycles. The predicted molar refractivity (Wildman–Crippen MR) is 99.5 cm³/mol. The SMILES string of the molecule is CC(Oc1ccc(Cl)cc1)C(=O)O.CCOCC.Oc1ccccc1. The molecule has 0 heterocycles. The van der Waals surface area contributed by atoms with Gasteiger partial charge in [-0.3, -0.25) is 0 Å². The smallest absolute Gasteiger partial charge is 0.344 e. The Morgan fingerprint density at radius 3 is 1.88 bits per heavy atom. The Bertz CT molecular complexity index is 570. The van der Waals surface area contributed by atoms with E-state index >= 15 is 0 Å². The van der Waals surface area contributed by atoms with Crippen LogP contribution in [0.3, 0.4) is 0 Å². The monoisotopic (exact) mass is 368 g/mol. The molecule has 0 bridgehead atoms. The second-order valence-electron chi connectivity index (χ2n) is 4.67. The summed E-state index contributed by atoms with van der Waals surface area (Å²) < 4.78 is 9.91. The van der Waals surface area contributed by atoms with Gasteiger partial charge < -0.3 is 19.7 Å². The van der Waals surface area contributed by atoms with Crippen LogP contribution in [0.4, 0.5) is 0 Å². The van der Waals surface area contributed by atoms with E-state index in [-0.39, 0.29) is 0 Å². The fraction of sp³-hybridized carbons (Fsp3) is 0.316.